The van der Waals surface area contributed by atoms with Crippen LogP contribution in [0.5, 0.6) is 0 Å². The predicted molar refractivity (Wildman–Crippen MR) is 47.1 cm³/mol. The van der Waals surface area contributed by atoms with Crippen LogP contribution in [0.3, 0.4) is 0 Å². The highest BCUT2D eigenvalue weighted by molar-refractivity contribution is 4.67. The summed E-state index contributed by atoms with van der Waals surface area (Å²) in [5.74, 6) is 5.76. The van der Waals surface area contributed by atoms with Crippen molar-refractivity contribution in [3.05, 3.63) is 0 Å². The Labute approximate surface area is 69.5 Å². The van der Waals surface area contributed by atoms with E-state index in [2.05, 4.69) is 13.8 Å². The minimum Gasteiger partial charge on any atom is -0.380 e. The fourth-order valence-corrected chi connectivity index (χ4v) is 0.928. The lowest BCUT2D eigenvalue weighted by Gasteiger charge is -2.27. The average Bonchev–Trinajstić information content (AvgIpc) is 2.02. The van der Waals surface area contributed by atoms with Gasteiger partial charge in [-0.15, -0.1) is 0 Å². The molecule has 0 saturated heterocycles. The molecule has 0 fully saturated rings. The first-order chi connectivity index (χ1) is 5.13. The van der Waals surface area contributed by atoms with Crippen molar-refractivity contribution < 1.29 is 4.74 Å². The van der Waals surface area contributed by atoms with Gasteiger partial charge in [0.05, 0.1) is 6.10 Å². The van der Waals surface area contributed by atoms with Crippen LogP contribution in [0, 0.1) is 0 Å². The Kier molecular flexibility index (Phi) is 5.46. The highest BCUT2D eigenvalue weighted by Crippen LogP contribution is 2.02. The van der Waals surface area contributed by atoms with Crippen LogP contribution in [0.15, 0.2) is 0 Å². The van der Waals surface area contributed by atoms with Gasteiger partial charge in [0, 0.05) is 19.7 Å². The number of nitrogens with two attached hydrogens (primary N) is 1. The highest BCUT2D eigenvalue weighted by atomic mass is 16.5. The molecule has 0 aliphatic heterocycles. The summed E-state index contributed by atoms with van der Waals surface area (Å²) in [6.07, 6.45) is 1.28. The maximum atomic E-state index is 5.76. The number of hydrogen-bond acceptors (Lipinski definition) is 3. The van der Waals surface area contributed by atoms with E-state index in [0.29, 0.717) is 6.04 Å². The number of ether oxygens (including phenoxy) is 1. The van der Waals surface area contributed by atoms with Gasteiger partial charge in [0.25, 0.3) is 0 Å². The molecule has 0 aliphatic carbocycles. The van der Waals surface area contributed by atoms with Crippen LogP contribution >= 0.6 is 0 Å². The van der Waals surface area contributed by atoms with Crippen LogP contribution in [0.4, 0.5) is 0 Å². The lowest BCUT2D eigenvalue weighted by atomic mass is 10.2. The number of methoxy groups -OCH3 is 1. The smallest absolute Gasteiger partial charge is 0.0709 e. The molecule has 0 aromatic heterocycles. The molecule has 68 valence electrons. The third kappa shape index (κ3) is 3.70. The maximum Gasteiger partial charge on any atom is 0.0709 e. The quantitative estimate of drug-likeness (QED) is 0.481. The number of hydrogen-bond donors (Lipinski definition) is 1. The normalized spacial score (nSPS) is 16.9. The molecule has 0 rings (SSSR count). The molecule has 0 aromatic rings. The number of nitrogens with zero attached hydrogens (tertiary/aromatic N) is 1. The van der Waals surface area contributed by atoms with Gasteiger partial charge < -0.3 is 4.74 Å². The Hall–Kier alpha value is -0.120. The molecule has 0 saturated carbocycles. The van der Waals surface area contributed by atoms with Crippen molar-refractivity contribution in [2.75, 3.05) is 13.7 Å². The van der Waals surface area contributed by atoms with Gasteiger partial charge in [0.15, 0.2) is 0 Å². The lowest BCUT2D eigenvalue weighted by Crippen LogP contribution is -2.46. The second-order valence-corrected chi connectivity index (χ2v) is 2.92. The largest absolute Gasteiger partial charge is 0.380 e. The molecule has 0 radical (unpaired) electrons. The maximum absolute atomic E-state index is 5.76. The summed E-state index contributed by atoms with van der Waals surface area (Å²) in [6.45, 7) is 7.14. The molecule has 2 atom stereocenters. The molecule has 0 bridgehead atoms. The van der Waals surface area contributed by atoms with E-state index < -0.39 is 0 Å². The van der Waals surface area contributed by atoms with Crippen LogP contribution in [0.25, 0.3) is 0 Å². The van der Waals surface area contributed by atoms with E-state index in [1.807, 2.05) is 11.9 Å². The summed E-state index contributed by atoms with van der Waals surface area (Å²) in [7, 11) is 1.71. The van der Waals surface area contributed by atoms with E-state index in [4.69, 9.17) is 10.6 Å². The molecular formula is C8H20N2O. The summed E-state index contributed by atoms with van der Waals surface area (Å²) in [6, 6.07) is 0.292. The fourth-order valence-electron chi connectivity index (χ4n) is 0.928. The third-order valence-corrected chi connectivity index (χ3v) is 2.06. The zero-order chi connectivity index (χ0) is 8.85. The van der Waals surface area contributed by atoms with E-state index in [1.165, 1.54) is 0 Å². The lowest BCUT2D eigenvalue weighted by molar-refractivity contribution is 0.0330. The molecule has 3 nitrogen and oxygen atoms in total. The number of rotatable bonds is 5. The zero-order valence-electron chi connectivity index (χ0n) is 8.00. The Morgan fingerprint density at radius 1 is 1.45 bits per heavy atom. The Morgan fingerprint density at radius 3 is 2.36 bits per heavy atom. The first-order valence-corrected chi connectivity index (χ1v) is 4.17. The molecule has 0 spiro atoms. The van der Waals surface area contributed by atoms with Crippen LogP contribution < -0.4 is 5.84 Å². The third-order valence-electron chi connectivity index (χ3n) is 2.06. The summed E-state index contributed by atoms with van der Waals surface area (Å²) in [5.41, 5.74) is 0. The molecule has 0 amide bonds. The molecule has 11 heavy (non-hydrogen) atoms. The van der Waals surface area contributed by atoms with E-state index in [-0.39, 0.29) is 6.10 Å². The Balaban J connectivity index is 3.70. The van der Waals surface area contributed by atoms with Crippen molar-refractivity contribution >= 4 is 0 Å². The summed E-state index contributed by atoms with van der Waals surface area (Å²) < 4.78 is 5.16. The summed E-state index contributed by atoms with van der Waals surface area (Å²) >= 11 is 0. The first-order valence-electron chi connectivity index (χ1n) is 4.17. The van der Waals surface area contributed by atoms with Gasteiger partial charge in [0.1, 0.15) is 0 Å². The SMILES string of the molecule is CCCN(N)C(C)C(C)OC. The van der Waals surface area contributed by atoms with E-state index in [9.17, 15) is 0 Å². The minimum absolute atomic E-state index is 0.201. The van der Waals surface area contributed by atoms with Gasteiger partial charge >= 0.3 is 0 Å². The fraction of sp³-hybridized carbons (Fsp3) is 1.00. The molecule has 2 N–H and O–H groups in total. The van der Waals surface area contributed by atoms with Crippen molar-refractivity contribution in [2.24, 2.45) is 5.84 Å². The van der Waals surface area contributed by atoms with Gasteiger partial charge in [-0.2, -0.15) is 0 Å². The van der Waals surface area contributed by atoms with Crippen molar-refractivity contribution in [3.63, 3.8) is 0 Å². The van der Waals surface area contributed by atoms with Crippen LogP contribution in [-0.4, -0.2) is 30.8 Å². The second kappa shape index (κ2) is 5.52. The monoisotopic (exact) mass is 160 g/mol. The molecule has 0 heterocycles. The molecule has 3 heteroatoms. The van der Waals surface area contributed by atoms with Crippen molar-refractivity contribution in [2.45, 2.75) is 39.3 Å². The molecule has 0 aromatic carbocycles. The van der Waals surface area contributed by atoms with Gasteiger partial charge in [-0.05, 0) is 20.3 Å². The van der Waals surface area contributed by atoms with Gasteiger partial charge in [0.2, 0.25) is 0 Å². The van der Waals surface area contributed by atoms with E-state index >= 15 is 0 Å². The molecule has 2 unspecified atom stereocenters. The second-order valence-electron chi connectivity index (χ2n) is 2.92. The Bertz CT molecular complexity index is 98.1. The summed E-state index contributed by atoms with van der Waals surface area (Å²) in [4.78, 5) is 0. The topological polar surface area (TPSA) is 38.5 Å². The zero-order valence-corrected chi connectivity index (χ0v) is 8.00. The molecular weight excluding hydrogens is 140 g/mol. The minimum atomic E-state index is 0.201. The van der Waals surface area contributed by atoms with Gasteiger partial charge in [-0.1, -0.05) is 6.92 Å². The van der Waals surface area contributed by atoms with Crippen LogP contribution in [-0.2, 0) is 4.74 Å². The van der Waals surface area contributed by atoms with Crippen LogP contribution in [0.2, 0.25) is 0 Å². The highest BCUT2D eigenvalue weighted by Gasteiger charge is 2.15. The average molecular weight is 160 g/mol. The van der Waals surface area contributed by atoms with E-state index in [0.717, 1.165) is 13.0 Å². The van der Waals surface area contributed by atoms with Gasteiger partial charge in [-0.3, -0.25) is 5.84 Å². The van der Waals surface area contributed by atoms with E-state index in [1.54, 1.807) is 7.11 Å². The number of hydrazine groups is 1. The van der Waals surface area contributed by atoms with Crippen LogP contribution in [0.1, 0.15) is 27.2 Å². The Morgan fingerprint density at radius 2 is 2.00 bits per heavy atom. The standard InChI is InChI=1S/C8H20N2O/c1-5-6-10(9)7(2)8(3)11-4/h7-8H,5-6,9H2,1-4H3. The summed E-state index contributed by atoms with van der Waals surface area (Å²) in [5, 5.41) is 1.83. The predicted octanol–water partition coefficient (Wildman–Crippen LogP) is 0.995. The molecule has 0 aliphatic rings. The van der Waals surface area contributed by atoms with Crippen molar-refractivity contribution in [3.8, 4) is 0 Å². The van der Waals surface area contributed by atoms with Crippen molar-refractivity contribution in [1.82, 2.24) is 5.01 Å². The van der Waals surface area contributed by atoms with Crippen molar-refractivity contribution in [1.29, 1.82) is 0 Å². The van der Waals surface area contributed by atoms with Gasteiger partial charge in [-0.25, -0.2) is 5.01 Å². The first kappa shape index (κ1) is 10.9.